The summed E-state index contributed by atoms with van der Waals surface area (Å²) in [6.45, 7) is 10.9. The van der Waals surface area contributed by atoms with Gasteiger partial charge in [0.05, 0.1) is 19.8 Å². The zero-order valence-corrected chi connectivity index (χ0v) is 21.8. The quantitative estimate of drug-likeness (QED) is 0.223. The van der Waals surface area contributed by atoms with Crippen molar-refractivity contribution >= 4 is 35.6 Å². The molecule has 2 aromatic carbocycles. The van der Waals surface area contributed by atoms with E-state index in [0.717, 1.165) is 65.0 Å². The van der Waals surface area contributed by atoms with Crippen molar-refractivity contribution in [2.75, 3.05) is 50.8 Å². The molecule has 0 aliphatic carbocycles. The highest BCUT2D eigenvalue weighted by Gasteiger charge is 2.13. The Balaban J connectivity index is 0.00000306. The Morgan fingerprint density at radius 2 is 1.73 bits per heavy atom. The molecule has 178 valence electrons. The molecule has 0 radical (unpaired) electrons. The van der Waals surface area contributed by atoms with Gasteiger partial charge in [-0.1, -0.05) is 48.6 Å². The first-order chi connectivity index (χ1) is 15.8. The molecule has 4 rings (SSSR count). The highest BCUT2D eigenvalue weighted by Crippen LogP contribution is 2.19. The Morgan fingerprint density at radius 3 is 2.48 bits per heavy atom. The van der Waals surface area contributed by atoms with Gasteiger partial charge in [0, 0.05) is 51.5 Å². The molecule has 0 atom stereocenters. The number of hydrogen-bond donors (Lipinski definition) is 2. The largest absolute Gasteiger partial charge is 0.379 e. The van der Waals surface area contributed by atoms with Gasteiger partial charge in [-0.25, -0.2) is 4.99 Å². The molecule has 0 unspecified atom stereocenters. The molecule has 0 aromatic heterocycles. The number of aliphatic imine (C=N–C) groups is 1. The summed E-state index contributed by atoms with van der Waals surface area (Å²) in [5, 5.41) is 6.92. The van der Waals surface area contributed by atoms with Crippen LogP contribution in [0.1, 0.15) is 23.6 Å². The molecule has 0 bridgehead atoms. The summed E-state index contributed by atoms with van der Waals surface area (Å²) in [5.74, 6) is 0.849. The fourth-order valence-corrected chi connectivity index (χ4v) is 4.12. The molecule has 33 heavy (non-hydrogen) atoms. The predicted molar refractivity (Wildman–Crippen MR) is 147 cm³/mol. The van der Waals surface area contributed by atoms with Crippen LogP contribution in [0.25, 0.3) is 0 Å². The van der Waals surface area contributed by atoms with Crippen LogP contribution in [-0.2, 0) is 24.4 Å². The number of nitrogens with one attached hydrogen (secondary N) is 2. The zero-order valence-electron chi connectivity index (χ0n) is 19.5. The highest BCUT2D eigenvalue weighted by molar-refractivity contribution is 14.0. The van der Waals surface area contributed by atoms with Crippen molar-refractivity contribution in [2.24, 2.45) is 4.99 Å². The molecule has 1 fully saturated rings. The number of guanidine groups is 1. The minimum absolute atomic E-state index is 0. The lowest BCUT2D eigenvalue weighted by Crippen LogP contribution is -2.38. The minimum Gasteiger partial charge on any atom is -0.379 e. The summed E-state index contributed by atoms with van der Waals surface area (Å²) in [6.07, 6.45) is 4.43. The third-order valence-electron chi connectivity index (χ3n) is 5.92. The lowest BCUT2D eigenvalue weighted by molar-refractivity contribution is 0.0341. The highest BCUT2D eigenvalue weighted by atomic mass is 127. The Morgan fingerprint density at radius 1 is 0.970 bits per heavy atom. The van der Waals surface area contributed by atoms with E-state index in [-0.39, 0.29) is 24.0 Å². The first kappa shape index (κ1) is 25.5. The fourth-order valence-electron chi connectivity index (χ4n) is 4.12. The maximum atomic E-state index is 5.49. The fraction of sp³-hybridized carbons (Fsp3) is 0.423. The number of ether oxygens (including phenoxy) is 1. The third kappa shape index (κ3) is 7.72. The van der Waals surface area contributed by atoms with Gasteiger partial charge >= 0.3 is 0 Å². The lowest BCUT2D eigenvalue weighted by atomic mass is 10.1. The van der Waals surface area contributed by atoms with Gasteiger partial charge in [-0.15, -0.1) is 24.0 Å². The van der Waals surface area contributed by atoms with E-state index in [4.69, 9.17) is 9.73 Å². The van der Waals surface area contributed by atoms with E-state index in [1.807, 2.05) is 0 Å². The summed E-state index contributed by atoms with van der Waals surface area (Å²) < 4.78 is 5.49. The van der Waals surface area contributed by atoms with Crippen molar-refractivity contribution in [3.05, 3.63) is 77.4 Å². The van der Waals surface area contributed by atoms with Gasteiger partial charge in [0.1, 0.15) is 0 Å². The number of halogens is 1. The molecule has 0 amide bonds. The predicted octanol–water partition coefficient (Wildman–Crippen LogP) is 3.77. The molecule has 2 N–H and O–H groups in total. The van der Waals surface area contributed by atoms with Crippen molar-refractivity contribution in [3.8, 4) is 0 Å². The standard InChI is InChI=1S/C26H35N5O.HI/c1-2-27-26(28-19-22-8-7-11-25(18-22)31-12-5-6-13-31)29-20-23-9-3-4-10-24(23)21-30-14-16-32-17-15-30;/h3-11,18H,2,12-17,19-21H2,1H3,(H2,27,28,29);1H. The first-order valence-corrected chi connectivity index (χ1v) is 11.7. The van der Waals surface area contributed by atoms with Gasteiger partial charge in [-0.3, -0.25) is 4.90 Å². The van der Waals surface area contributed by atoms with Gasteiger partial charge in [-0.2, -0.15) is 0 Å². The number of nitrogens with zero attached hydrogens (tertiary/aromatic N) is 3. The van der Waals surface area contributed by atoms with Gasteiger partial charge < -0.3 is 20.3 Å². The van der Waals surface area contributed by atoms with Gasteiger partial charge in [0.25, 0.3) is 0 Å². The molecule has 2 aromatic rings. The van der Waals surface area contributed by atoms with Crippen LogP contribution in [0.2, 0.25) is 0 Å². The van der Waals surface area contributed by atoms with Crippen molar-refractivity contribution in [1.29, 1.82) is 0 Å². The van der Waals surface area contributed by atoms with Crippen LogP contribution in [0.5, 0.6) is 0 Å². The average molecular weight is 562 g/mol. The Bertz CT molecular complexity index is 918. The summed E-state index contributed by atoms with van der Waals surface area (Å²) in [5.41, 5.74) is 5.16. The first-order valence-electron chi connectivity index (χ1n) is 11.7. The van der Waals surface area contributed by atoms with E-state index in [1.165, 1.54) is 22.4 Å². The second-order valence-corrected chi connectivity index (χ2v) is 8.25. The SMILES string of the molecule is CCNC(=NCc1cccc(N2CC=CC2)c1)NCc1ccccc1CN1CCOCC1.I. The second kappa shape index (κ2) is 13.6. The van der Waals surface area contributed by atoms with E-state index < -0.39 is 0 Å². The number of benzene rings is 2. The molecule has 2 heterocycles. The number of rotatable bonds is 8. The third-order valence-corrected chi connectivity index (χ3v) is 5.92. The van der Waals surface area contributed by atoms with Gasteiger partial charge in [-0.05, 0) is 35.7 Å². The van der Waals surface area contributed by atoms with E-state index in [2.05, 4.69) is 88.0 Å². The Hall–Kier alpha value is -2.10. The normalized spacial score (nSPS) is 16.5. The average Bonchev–Trinajstić information content (AvgIpc) is 3.38. The lowest BCUT2D eigenvalue weighted by Gasteiger charge is -2.27. The van der Waals surface area contributed by atoms with E-state index in [0.29, 0.717) is 6.54 Å². The summed E-state index contributed by atoms with van der Waals surface area (Å²) >= 11 is 0. The topological polar surface area (TPSA) is 52.1 Å². The number of hydrogen-bond acceptors (Lipinski definition) is 4. The van der Waals surface area contributed by atoms with Crippen molar-refractivity contribution in [3.63, 3.8) is 0 Å². The van der Waals surface area contributed by atoms with Crippen LogP contribution in [-0.4, -0.2) is 56.8 Å². The van der Waals surface area contributed by atoms with Crippen LogP contribution in [0, 0.1) is 0 Å². The molecule has 2 aliphatic rings. The van der Waals surface area contributed by atoms with E-state index >= 15 is 0 Å². The van der Waals surface area contributed by atoms with Crippen LogP contribution in [0.3, 0.4) is 0 Å². The molecule has 0 saturated carbocycles. The van der Waals surface area contributed by atoms with Crippen LogP contribution >= 0.6 is 24.0 Å². The van der Waals surface area contributed by atoms with Crippen molar-refractivity contribution < 1.29 is 4.74 Å². The Labute approximate surface area is 215 Å². The maximum Gasteiger partial charge on any atom is 0.191 e. The molecule has 0 spiro atoms. The summed E-state index contributed by atoms with van der Waals surface area (Å²) in [7, 11) is 0. The van der Waals surface area contributed by atoms with Crippen molar-refractivity contribution in [1.82, 2.24) is 15.5 Å². The second-order valence-electron chi connectivity index (χ2n) is 8.25. The van der Waals surface area contributed by atoms with Crippen LogP contribution < -0.4 is 15.5 Å². The maximum absolute atomic E-state index is 5.49. The molecular weight excluding hydrogens is 525 g/mol. The van der Waals surface area contributed by atoms with Gasteiger partial charge in [0.15, 0.2) is 5.96 Å². The van der Waals surface area contributed by atoms with E-state index in [1.54, 1.807) is 0 Å². The monoisotopic (exact) mass is 561 g/mol. The Kier molecular flexibility index (Phi) is 10.5. The van der Waals surface area contributed by atoms with E-state index in [9.17, 15) is 0 Å². The molecule has 6 nitrogen and oxygen atoms in total. The molecule has 1 saturated heterocycles. The smallest absolute Gasteiger partial charge is 0.191 e. The molecular formula is C26H36IN5O. The van der Waals surface area contributed by atoms with Gasteiger partial charge in [0.2, 0.25) is 0 Å². The molecule has 7 heteroatoms. The van der Waals surface area contributed by atoms with Crippen LogP contribution in [0.4, 0.5) is 5.69 Å². The van der Waals surface area contributed by atoms with Crippen LogP contribution in [0.15, 0.2) is 65.7 Å². The number of anilines is 1. The molecule has 2 aliphatic heterocycles. The summed E-state index contributed by atoms with van der Waals surface area (Å²) in [6, 6.07) is 17.4. The number of morpholine rings is 1. The summed E-state index contributed by atoms with van der Waals surface area (Å²) in [4.78, 5) is 9.67. The zero-order chi connectivity index (χ0) is 22.0. The van der Waals surface area contributed by atoms with Crippen molar-refractivity contribution in [2.45, 2.75) is 26.6 Å². The minimum atomic E-state index is 0.